The summed E-state index contributed by atoms with van der Waals surface area (Å²) < 4.78 is 43.6. The molecule has 130 valence electrons. The Morgan fingerprint density at radius 2 is 1.96 bits per heavy atom. The number of aromatic amines is 1. The summed E-state index contributed by atoms with van der Waals surface area (Å²) in [5.41, 5.74) is 0.0549. The van der Waals surface area contributed by atoms with Crippen molar-refractivity contribution in [3.8, 4) is 11.6 Å². The van der Waals surface area contributed by atoms with Crippen molar-refractivity contribution in [3.05, 3.63) is 52.5 Å². The Labute approximate surface area is 145 Å². The Morgan fingerprint density at radius 3 is 2.64 bits per heavy atom. The minimum Gasteiger partial charge on any atom is -0.497 e. The van der Waals surface area contributed by atoms with Gasteiger partial charge in [-0.05, 0) is 36.4 Å². The van der Waals surface area contributed by atoms with Crippen molar-refractivity contribution in [3.63, 3.8) is 0 Å². The highest BCUT2D eigenvalue weighted by Gasteiger charge is 2.30. The van der Waals surface area contributed by atoms with Crippen LogP contribution in [0.25, 0.3) is 10.9 Å². The highest BCUT2D eigenvalue weighted by Crippen LogP contribution is 2.35. The van der Waals surface area contributed by atoms with Gasteiger partial charge in [-0.25, -0.2) is 0 Å². The number of aromatic hydroxyl groups is 1. The zero-order valence-corrected chi connectivity index (χ0v) is 13.6. The summed E-state index contributed by atoms with van der Waals surface area (Å²) in [6, 6.07) is 7.97. The van der Waals surface area contributed by atoms with Crippen LogP contribution in [0.5, 0.6) is 11.6 Å². The zero-order chi connectivity index (χ0) is 18.2. The van der Waals surface area contributed by atoms with Gasteiger partial charge in [-0.2, -0.15) is 13.2 Å². The van der Waals surface area contributed by atoms with Gasteiger partial charge in [-0.3, -0.25) is 4.99 Å². The first-order valence-corrected chi connectivity index (χ1v) is 7.47. The standard InChI is InChI=1S/C17H12ClF3N2O2/c1-25-10-3-5-14-11(7-10)12(16(24)23-14)8-22-15-6-9(17(19,20)21)2-4-13(15)18/h2-8,23-24H,1H3. The normalized spacial score (nSPS) is 12.2. The van der Waals surface area contributed by atoms with Gasteiger partial charge in [-0.1, -0.05) is 11.6 Å². The van der Waals surface area contributed by atoms with E-state index in [9.17, 15) is 18.3 Å². The number of benzene rings is 2. The molecule has 0 unspecified atom stereocenters. The summed E-state index contributed by atoms with van der Waals surface area (Å²) in [5.74, 6) is 0.411. The molecule has 0 aliphatic heterocycles. The number of rotatable bonds is 3. The van der Waals surface area contributed by atoms with E-state index in [-0.39, 0.29) is 16.6 Å². The molecule has 0 saturated carbocycles. The van der Waals surface area contributed by atoms with Gasteiger partial charge in [0.15, 0.2) is 5.88 Å². The van der Waals surface area contributed by atoms with Gasteiger partial charge >= 0.3 is 6.18 Å². The average molecular weight is 369 g/mol. The number of halogens is 4. The van der Waals surface area contributed by atoms with Crippen LogP contribution in [0.4, 0.5) is 18.9 Å². The van der Waals surface area contributed by atoms with Crippen molar-refractivity contribution < 1.29 is 23.0 Å². The second-order valence-electron chi connectivity index (χ2n) is 5.22. The van der Waals surface area contributed by atoms with Gasteiger partial charge in [-0.15, -0.1) is 0 Å². The molecule has 2 N–H and O–H groups in total. The smallest absolute Gasteiger partial charge is 0.416 e. The molecule has 0 spiro atoms. The van der Waals surface area contributed by atoms with Gasteiger partial charge in [0, 0.05) is 17.1 Å². The predicted octanol–water partition coefficient (Wildman–Crippen LogP) is 5.30. The second kappa shape index (κ2) is 6.33. The third-order valence-electron chi connectivity index (χ3n) is 3.63. The van der Waals surface area contributed by atoms with E-state index in [4.69, 9.17) is 16.3 Å². The maximum atomic E-state index is 12.8. The fourth-order valence-corrected chi connectivity index (χ4v) is 2.52. The lowest BCUT2D eigenvalue weighted by Gasteiger charge is -2.07. The van der Waals surface area contributed by atoms with Crippen molar-refractivity contribution in [2.75, 3.05) is 7.11 Å². The third kappa shape index (κ3) is 3.41. The van der Waals surface area contributed by atoms with Crippen molar-refractivity contribution in [1.29, 1.82) is 0 Å². The minimum absolute atomic E-state index is 0.0480. The summed E-state index contributed by atoms with van der Waals surface area (Å²) in [4.78, 5) is 6.77. The average Bonchev–Trinajstić information content (AvgIpc) is 2.87. The van der Waals surface area contributed by atoms with Gasteiger partial charge < -0.3 is 14.8 Å². The second-order valence-corrected chi connectivity index (χ2v) is 5.63. The Bertz CT molecular complexity index is 964. The van der Waals surface area contributed by atoms with E-state index in [1.165, 1.54) is 13.3 Å². The highest BCUT2D eigenvalue weighted by molar-refractivity contribution is 6.33. The fourth-order valence-electron chi connectivity index (χ4n) is 2.36. The first kappa shape index (κ1) is 17.2. The summed E-state index contributed by atoms with van der Waals surface area (Å²) in [5, 5.41) is 10.7. The number of aromatic nitrogens is 1. The number of aliphatic imine (C=N–C) groups is 1. The van der Waals surface area contributed by atoms with E-state index in [2.05, 4.69) is 9.98 Å². The van der Waals surface area contributed by atoms with E-state index >= 15 is 0 Å². The number of ether oxygens (including phenoxy) is 1. The summed E-state index contributed by atoms with van der Waals surface area (Å²) in [6.07, 6.45) is -3.24. The van der Waals surface area contributed by atoms with Crippen molar-refractivity contribution in [2.45, 2.75) is 6.18 Å². The first-order chi connectivity index (χ1) is 11.8. The Hall–Kier alpha value is -2.67. The van der Waals surface area contributed by atoms with Crippen molar-refractivity contribution in [2.24, 2.45) is 4.99 Å². The molecule has 1 aromatic heterocycles. The van der Waals surface area contributed by atoms with E-state index in [1.807, 2.05) is 0 Å². The summed E-state index contributed by atoms with van der Waals surface area (Å²) in [7, 11) is 1.50. The fraction of sp³-hybridized carbons (Fsp3) is 0.118. The van der Waals surface area contributed by atoms with Gasteiger partial charge in [0.1, 0.15) is 5.75 Å². The number of alkyl halides is 3. The molecule has 0 aliphatic rings. The number of hydrogen-bond donors (Lipinski definition) is 2. The molecule has 8 heteroatoms. The largest absolute Gasteiger partial charge is 0.497 e. The monoisotopic (exact) mass is 368 g/mol. The van der Waals surface area contributed by atoms with Crippen LogP contribution in [0, 0.1) is 0 Å². The molecule has 0 bridgehead atoms. The molecule has 0 aliphatic carbocycles. The molecule has 3 rings (SSSR count). The predicted molar refractivity (Wildman–Crippen MR) is 90.2 cm³/mol. The van der Waals surface area contributed by atoms with Crippen LogP contribution < -0.4 is 4.74 Å². The molecule has 2 aromatic carbocycles. The first-order valence-electron chi connectivity index (χ1n) is 7.09. The Morgan fingerprint density at radius 1 is 1.20 bits per heavy atom. The molecule has 0 amide bonds. The number of hydrogen-bond acceptors (Lipinski definition) is 3. The number of methoxy groups -OCH3 is 1. The van der Waals surface area contributed by atoms with E-state index in [0.717, 1.165) is 18.2 Å². The van der Waals surface area contributed by atoms with E-state index in [0.29, 0.717) is 22.2 Å². The van der Waals surface area contributed by atoms with E-state index < -0.39 is 11.7 Å². The van der Waals surface area contributed by atoms with Crippen LogP contribution in [0.2, 0.25) is 5.02 Å². The molecule has 0 atom stereocenters. The topological polar surface area (TPSA) is 57.6 Å². The maximum absolute atomic E-state index is 12.8. The van der Waals surface area contributed by atoms with Crippen LogP contribution in [-0.4, -0.2) is 23.4 Å². The summed E-state index contributed by atoms with van der Waals surface area (Å²) >= 11 is 5.92. The minimum atomic E-state index is -4.49. The molecule has 0 radical (unpaired) electrons. The van der Waals surface area contributed by atoms with Gasteiger partial charge in [0.25, 0.3) is 0 Å². The molecule has 25 heavy (non-hydrogen) atoms. The number of nitrogens with one attached hydrogen (secondary N) is 1. The maximum Gasteiger partial charge on any atom is 0.416 e. The molecule has 3 aromatic rings. The van der Waals surface area contributed by atoms with Crippen LogP contribution in [0.3, 0.4) is 0 Å². The quantitative estimate of drug-likeness (QED) is 0.616. The molecule has 1 heterocycles. The van der Waals surface area contributed by atoms with Gasteiger partial charge in [0.2, 0.25) is 0 Å². The number of nitrogens with zero attached hydrogens (tertiary/aromatic N) is 1. The van der Waals surface area contributed by atoms with Crippen LogP contribution >= 0.6 is 11.6 Å². The summed E-state index contributed by atoms with van der Waals surface area (Å²) in [6.45, 7) is 0. The van der Waals surface area contributed by atoms with Crippen molar-refractivity contribution >= 4 is 34.4 Å². The van der Waals surface area contributed by atoms with Crippen LogP contribution in [0.15, 0.2) is 41.4 Å². The molecule has 0 fully saturated rings. The Balaban J connectivity index is 2.05. The number of fused-ring (bicyclic) bond motifs is 1. The van der Waals surface area contributed by atoms with Gasteiger partial charge in [0.05, 0.1) is 28.9 Å². The van der Waals surface area contributed by atoms with Crippen LogP contribution in [-0.2, 0) is 6.18 Å². The SMILES string of the molecule is COc1ccc2[nH]c(O)c(C=Nc3cc(C(F)(F)F)ccc3Cl)c2c1. The lowest BCUT2D eigenvalue weighted by molar-refractivity contribution is -0.137. The number of H-pyrrole nitrogens is 1. The highest BCUT2D eigenvalue weighted by atomic mass is 35.5. The molecule has 4 nitrogen and oxygen atoms in total. The molecule has 0 saturated heterocycles. The lowest BCUT2D eigenvalue weighted by Crippen LogP contribution is -2.04. The zero-order valence-electron chi connectivity index (χ0n) is 12.9. The molecular weight excluding hydrogens is 357 g/mol. The lowest BCUT2D eigenvalue weighted by atomic mass is 10.1. The van der Waals surface area contributed by atoms with Crippen LogP contribution in [0.1, 0.15) is 11.1 Å². The van der Waals surface area contributed by atoms with E-state index in [1.54, 1.807) is 18.2 Å². The Kier molecular flexibility index (Phi) is 4.34. The third-order valence-corrected chi connectivity index (χ3v) is 3.95. The van der Waals surface area contributed by atoms with Crippen molar-refractivity contribution in [1.82, 2.24) is 4.98 Å². The molecular formula is C17H12ClF3N2O2.